The van der Waals surface area contributed by atoms with Gasteiger partial charge in [-0.1, -0.05) is 6.92 Å². The van der Waals surface area contributed by atoms with Gasteiger partial charge < -0.3 is 10.5 Å². The zero-order valence-electron chi connectivity index (χ0n) is 10.6. The molecule has 0 unspecified atom stereocenters. The van der Waals surface area contributed by atoms with Crippen molar-refractivity contribution in [1.29, 1.82) is 0 Å². The third-order valence-electron chi connectivity index (χ3n) is 3.79. The number of hydrogen-bond acceptors (Lipinski definition) is 5. The first-order chi connectivity index (χ1) is 8.63. The van der Waals surface area contributed by atoms with E-state index in [4.69, 9.17) is 10.5 Å². The maximum Gasteiger partial charge on any atom is 0.167 e. The van der Waals surface area contributed by atoms with Crippen LogP contribution in [0.4, 0.5) is 5.82 Å². The molecule has 3 heterocycles. The third-order valence-corrected chi connectivity index (χ3v) is 3.79. The number of rotatable bonds is 2. The Morgan fingerprint density at radius 3 is 3.06 bits per heavy atom. The van der Waals surface area contributed by atoms with Gasteiger partial charge in [-0.25, -0.2) is 15.0 Å². The molecule has 1 fully saturated rings. The average Bonchev–Trinajstić information content (AvgIpc) is 2.94. The van der Waals surface area contributed by atoms with Crippen LogP contribution in [0.2, 0.25) is 0 Å². The number of nitrogens with two attached hydrogens (primary N) is 1. The summed E-state index contributed by atoms with van der Waals surface area (Å²) in [5.74, 6) is 0.412. The van der Waals surface area contributed by atoms with E-state index in [1.807, 2.05) is 4.57 Å². The molecular formula is C12H17N5O. The number of fused-ring (bicyclic) bond motifs is 1. The molecule has 0 saturated carbocycles. The van der Waals surface area contributed by atoms with Crippen LogP contribution in [0.15, 0.2) is 12.7 Å². The Balaban J connectivity index is 1.99. The number of imidazole rings is 1. The van der Waals surface area contributed by atoms with E-state index in [-0.39, 0.29) is 11.8 Å². The summed E-state index contributed by atoms with van der Waals surface area (Å²) >= 11 is 0. The molecular weight excluding hydrogens is 230 g/mol. The van der Waals surface area contributed by atoms with E-state index in [0.29, 0.717) is 11.3 Å². The van der Waals surface area contributed by atoms with Gasteiger partial charge in [-0.2, -0.15) is 0 Å². The molecule has 96 valence electrons. The largest absolute Gasteiger partial charge is 0.382 e. The number of anilines is 1. The number of aromatic nitrogens is 4. The molecule has 0 aliphatic carbocycles. The lowest BCUT2D eigenvalue weighted by Gasteiger charge is -2.23. The molecule has 1 aliphatic rings. The van der Waals surface area contributed by atoms with Gasteiger partial charge in [-0.3, -0.25) is 4.57 Å². The number of ether oxygens (including phenoxy) is 1. The van der Waals surface area contributed by atoms with Gasteiger partial charge >= 0.3 is 0 Å². The zero-order valence-corrected chi connectivity index (χ0v) is 10.6. The van der Waals surface area contributed by atoms with Crippen LogP contribution < -0.4 is 5.73 Å². The van der Waals surface area contributed by atoms with E-state index in [1.165, 1.54) is 6.33 Å². The van der Waals surface area contributed by atoms with Gasteiger partial charge in [-0.05, 0) is 26.2 Å². The fourth-order valence-electron chi connectivity index (χ4n) is 2.41. The van der Waals surface area contributed by atoms with Crippen molar-refractivity contribution in [2.75, 3.05) is 5.73 Å². The molecule has 2 aromatic heterocycles. The molecule has 1 aliphatic heterocycles. The van der Waals surface area contributed by atoms with Crippen molar-refractivity contribution < 1.29 is 4.74 Å². The summed E-state index contributed by atoms with van der Waals surface area (Å²) in [5.41, 5.74) is 7.13. The summed E-state index contributed by atoms with van der Waals surface area (Å²) in [7, 11) is 0. The topological polar surface area (TPSA) is 78.9 Å². The second-order valence-electron chi connectivity index (χ2n) is 5.00. The number of nitrogens with zero attached hydrogens (tertiary/aromatic N) is 4. The monoisotopic (exact) mass is 247 g/mol. The molecule has 3 rings (SSSR count). The highest BCUT2D eigenvalue weighted by atomic mass is 16.5. The van der Waals surface area contributed by atoms with Crippen LogP contribution in [0.5, 0.6) is 0 Å². The molecule has 2 atom stereocenters. The smallest absolute Gasteiger partial charge is 0.167 e. The summed E-state index contributed by atoms with van der Waals surface area (Å²) in [6.45, 7) is 4.30. The van der Waals surface area contributed by atoms with Gasteiger partial charge in [0.1, 0.15) is 18.1 Å². The summed E-state index contributed by atoms with van der Waals surface area (Å²) in [6, 6.07) is 0. The predicted molar refractivity (Wildman–Crippen MR) is 67.8 cm³/mol. The lowest BCUT2D eigenvalue weighted by molar-refractivity contribution is -0.0611. The van der Waals surface area contributed by atoms with Crippen LogP contribution in [0.3, 0.4) is 0 Å². The van der Waals surface area contributed by atoms with E-state index in [1.54, 1.807) is 6.33 Å². The molecule has 2 N–H and O–H groups in total. The molecule has 0 bridgehead atoms. The first-order valence-electron chi connectivity index (χ1n) is 6.24. The normalized spacial score (nSPS) is 28.0. The zero-order chi connectivity index (χ0) is 12.8. The van der Waals surface area contributed by atoms with E-state index in [2.05, 4.69) is 28.8 Å². The van der Waals surface area contributed by atoms with Crippen LogP contribution in [0.1, 0.15) is 39.3 Å². The Kier molecular flexibility index (Phi) is 2.48. The third kappa shape index (κ3) is 1.64. The summed E-state index contributed by atoms with van der Waals surface area (Å²) in [6.07, 6.45) is 6.22. The SMILES string of the molecule is CC[C@]1(C)CC[C@H](n2cnc3c(N)ncnc32)O1. The minimum absolute atomic E-state index is 0.00532. The van der Waals surface area contributed by atoms with E-state index in [9.17, 15) is 0 Å². The second-order valence-corrected chi connectivity index (χ2v) is 5.00. The molecule has 0 amide bonds. The van der Waals surface area contributed by atoms with Crippen LogP contribution in [-0.2, 0) is 4.74 Å². The Morgan fingerprint density at radius 1 is 1.50 bits per heavy atom. The molecule has 0 aromatic carbocycles. The van der Waals surface area contributed by atoms with Crippen molar-refractivity contribution in [3.63, 3.8) is 0 Å². The summed E-state index contributed by atoms with van der Waals surface area (Å²) < 4.78 is 8.06. The molecule has 6 nitrogen and oxygen atoms in total. The van der Waals surface area contributed by atoms with Crippen LogP contribution >= 0.6 is 0 Å². The number of hydrogen-bond donors (Lipinski definition) is 1. The first-order valence-corrected chi connectivity index (χ1v) is 6.24. The van der Waals surface area contributed by atoms with Crippen LogP contribution in [0, 0.1) is 0 Å². The Labute approximate surface area is 105 Å². The number of nitrogen functional groups attached to an aromatic ring is 1. The minimum atomic E-state index is -0.0418. The second kappa shape index (κ2) is 3.91. The fraction of sp³-hybridized carbons (Fsp3) is 0.583. The lowest BCUT2D eigenvalue weighted by atomic mass is 10.00. The maximum absolute atomic E-state index is 6.11. The van der Waals surface area contributed by atoms with Crippen molar-refractivity contribution in [2.45, 2.75) is 44.9 Å². The van der Waals surface area contributed by atoms with Crippen molar-refractivity contribution in [1.82, 2.24) is 19.5 Å². The lowest BCUT2D eigenvalue weighted by Crippen LogP contribution is -2.23. The van der Waals surface area contributed by atoms with Gasteiger partial charge in [0.2, 0.25) is 0 Å². The van der Waals surface area contributed by atoms with Gasteiger partial charge in [0, 0.05) is 0 Å². The molecule has 0 radical (unpaired) electrons. The van der Waals surface area contributed by atoms with E-state index >= 15 is 0 Å². The van der Waals surface area contributed by atoms with Crippen molar-refractivity contribution >= 4 is 17.0 Å². The fourth-order valence-corrected chi connectivity index (χ4v) is 2.41. The van der Waals surface area contributed by atoms with Gasteiger partial charge in [0.05, 0.1) is 11.9 Å². The quantitative estimate of drug-likeness (QED) is 0.876. The summed E-state index contributed by atoms with van der Waals surface area (Å²) in [4.78, 5) is 12.5. The Hall–Kier alpha value is -1.69. The van der Waals surface area contributed by atoms with Crippen molar-refractivity contribution in [2.24, 2.45) is 0 Å². The highest BCUT2D eigenvalue weighted by Gasteiger charge is 2.36. The molecule has 1 saturated heterocycles. The molecule has 2 aromatic rings. The van der Waals surface area contributed by atoms with Gasteiger partial charge in [0.25, 0.3) is 0 Å². The summed E-state index contributed by atoms with van der Waals surface area (Å²) in [5, 5.41) is 0. The van der Waals surface area contributed by atoms with Gasteiger partial charge in [0.15, 0.2) is 11.5 Å². The predicted octanol–water partition coefficient (Wildman–Crippen LogP) is 1.89. The standard InChI is InChI=1S/C12H17N5O/c1-3-12(2)5-4-8(18-12)17-7-16-9-10(13)14-6-15-11(9)17/h6-8H,3-5H2,1-2H3,(H2,13,14,15)/t8-,12-/m1/s1. The highest BCUT2D eigenvalue weighted by molar-refractivity contribution is 5.81. The Bertz CT molecular complexity index is 581. The molecule has 6 heteroatoms. The Morgan fingerprint density at radius 2 is 2.33 bits per heavy atom. The highest BCUT2D eigenvalue weighted by Crippen LogP contribution is 2.39. The van der Waals surface area contributed by atoms with E-state index < -0.39 is 0 Å². The minimum Gasteiger partial charge on any atom is -0.382 e. The van der Waals surface area contributed by atoms with Crippen molar-refractivity contribution in [3.8, 4) is 0 Å². The van der Waals surface area contributed by atoms with Crippen LogP contribution in [0.25, 0.3) is 11.2 Å². The molecule has 0 spiro atoms. The van der Waals surface area contributed by atoms with Gasteiger partial charge in [-0.15, -0.1) is 0 Å². The molecule has 18 heavy (non-hydrogen) atoms. The first kappa shape index (κ1) is 11.4. The van der Waals surface area contributed by atoms with Crippen LogP contribution in [-0.4, -0.2) is 25.1 Å². The maximum atomic E-state index is 6.11. The van der Waals surface area contributed by atoms with Crippen molar-refractivity contribution in [3.05, 3.63) is 12.7 Å². The van der Waals surface area contributed by atoms with E-state index in [0.717, 1.165) is 24.9 Å². The average molecular weight is 247 g/mol.